The third kappa shape index (κ3) is 3.08. The number of piperidine rings is 1. The zero-order chi connectivity index (χ0) is 13.1. The standard InChI is InChI=1S/C12H21N5O/c1-16-5-3-10(4-6-16)15-12(18)11(13)9-7-14-17(2)8-9/h7-8,10-11H,3-6,13H2,1-2H3,(H,15,18). The Morgan fingerprint density at radius 1 is 1.50 bits per heavy atom. The molecule has 1 aliphatic rings. The molecule has 1 aliphatic heterocycles. The number of aromatic nitrogens is 2. The Morgan fingerprint density at radius 3 is 2.72 bits per heavy atom. The number of nitrogens with two attached hydrogens (primary N) is 1. The van der Waals surface area contributed by atoms with Crippen molar-refractivity contribution in [2.45, 2.75) is 24.9 Å². The minimum atomic E-state index is -0.627. The number of nitrogens with one attached hydrogen (secondary N) is 1. The van der Waals surface area contributed by atoms with Crippen molar-refractivity contribution in [3.63, 3.8) is 0 Å². The van der Waals surface area contributed by atoms with E-state index in [1.165, 1.54) is 0 Å². The number of likely N-dealkylation sites (tertiary alicyclic amines) is 1. The molecule has 0 bridgehead atoms. The number of amides is 1. The highest BCUT2D eigenvalue weighted by atomic mass is 16.2. The summed E-state index contributed by atoms with van der Waals surface area (Å²) in [4.78, 5) is 14.3. The first kappa shape index (κ1) is 13.0. The summed E-state index contributed by atoms with van der Waals surface area (Å²) >= 11 is 0. The minimum absolute atomic E-state index is 0.113. The van der Waals surface area contributed by atoms with Gasteiger partial charge in [-0.25, -0.2) is 0 Å². The van der Waals surface area contributed by atoms with E-state index in [0.29, 0.717) is 0 Å². The molecule has 0 aromatic carbocycles. The lowest BCUT2D eigenvalue weighted by Crippen LogP contribution is -2.46. The van der Waals surface area contributed by atoms with Crippen molar-refractivity contribution in [1.82, 2.24) is 20.0 Å². The van der Waals surface area contributed by atoms with Crippen molar-refractivity contribution in [2.75, 3.05) is 20.1 Å². The molecule has 0 aliphatic carbocycles. The molecule has 0 saturated carbocycles. The van der Waals surface area contributed by atoms with Crippen LogP contribution in [-0.4, -0.2) is 46.8 Å². The summed E-state index contributed by atoms with van der Waals surface area (Å²) in [5.74, 6) is -0.113. The van der Waals surface area contributed by atoms with Crippen LogP contribution in [0.25, 0.3) is 0 Å². The average Bonchev–Trinajstić information content (AvgIpc) is 2.78. The van der Waals surface area contributed by atoms with Gasteiger partial charge in [-0.3, -0.25) is 9.48 Å². The summed E-state index contributed by atoms with van der Waals surface area (Å²) in [7, 11) is 3.91. The Bertz CT molecular complexity index is 408. The maximum Gasteiger partial charge on any atom is 0.241 e. The number of carbonyl (C=O) groups is 1. The van der Waals surface area contributed by atoms with E-state index in [1.807, 2.05) is 7.05 Å². The zero-order valence-electron chi connectivity index (χ0n) is 11.0. The molecule has 2 heterocycles. The predicted molar refractivity (Wildman–Crippen MR) is 68.8 cm³/mol. The van der Waals surface area contributed by atoms with Crippen molar-refractivity contribution >= 4 is 5.91 Å². The molecule has 100 valence electrons. The van der Waals surface area contributed by atoms with Crippen molar-refractivity contribution in [3.8, 4) is 0 Å². The highest BCUT2D eigenvalue weighted by Gasteiger charge is 2.23. The Kier molecular flexibility index (Phi) is 3.98. The highest BCUT2D eigenvalue weighted by Crippen LogP contribution is 2.12. The zero-order valence-corrected chi connectivity index (χ0v) is 11.0. The van der Waals surface area contributed by atoms with E-state index in [4.69, 9.17) is 5.73 Å². The highest BCUT2D eigenvalue weighted by molar-refractivity contribution is 5.83. The van der Waals surface area contributed by atoms with E-state index in [-0.39, 0.29) is 11.9 Å². The summed E-state index contributed by atoms with van der Waals surface area (Å²) in [6.45, 7) is 2.04. The smallest absolute Gasteiger partial charge is 0.241 e. The number of carbonyl (C=O) groups excluding carboxylic acids is 1. The fourth-order valence-corrected chi connectivity index (χ4v) is 2.20. The van der Waals surface area contributed by atoms with Gasteiger partial charge >= 0.3 is 0 Å². The third-order valence-corrected chi connectivity index (χ3v) is 3.43. The summed E-state index contributed by atoms with van der Waals surface area (Å²) in [5, 5.41) is 7.05. The minimum Gasteiger partial charge on any atom is -0.352 e. The lowest BCUT2D eigenvalue weighted by molar-refractivity contribution is -0.123. The number of nitrogens with zero attached hydrogens (tertiary/aromatic N) is 3. The van der Waals surface area contributed by atoms with E-state index >= 15 is 0 Å². The van der Waals surface area contributed by atoms with Gasteiger partial charge in [0.25, 0.3) is 0 Å². The predicted octanol–water partition coefficient (Wildman–Crippen LogP) is -0.370. The quantitative estimate of drug-likeness (QED) is 0.768. The Morgan fingerprint density at radius 2 is 2.17 bits per heavy atom. The second-order valence-electron chi connectivity index (χ2n) is 5.01. The molecule has 18 heavy (non-hydrogen) atoms. The summed E-state index contributed by atoms with van der Waals surface area (Å²) in [5.41, 5.74) is 6.67. The van der Waals surface area contributed by atoms with Crippen molar-refractivity contribution in [3.05, 3.63) is 18.0 Å². The van der Waals surface area contributed by atoms with Gasteiger partial charge in [0, 0.05) is 24.8 Å². The second kappa shape index (κ2) is 5.49. The van der Waals surface area contributed by atoms with Crippen LogP contribution < -0.4 is 11.1 Å². The summed E-state index contributed by atoms with van der Waals surface area (Å²) in [6.07, 6.45) is 5.39. The largest absolute Gasteiger partial charge is 0.352 e. The fourth-order valence-electron chi connectivity index (χ4n) is 2.20. The first-order valence-electron chi connectivity index (χ1n) is 6.29. The van der Waals surface area contributed by atoms with Crippen LogP contribution in [0.2, 0.25) is 0 Å². The molecule has 0 radical (unpaired) electrons. The fraction of sp³-hybridized carbons (Fsp3) is 0.667. The van der Waals surface area contributed by atoms with Crippen LogP contribution >= 0.6 is 0 Å². The molecule has 0 spiro atoms. The summed E-state index contributed by atoms with van der Waals surface area (Å²) in [6, 6.07) is -0.380. The number of hydrogen-bond donors (Lipinski definition) is 2. The monoisotopic (exact) mass is 251 g/mol. The van der Waals surface area contributed by atoms with Gasteiger partial charge < -0.3 is 16.0 Å². The Hall–Kier alpha value is -1.40. The molecule has 6 heteroatoms. The summed E-state index contributed by atoms with van der Waals surface area (Å²) < 4.78 is 1.65. The van der Waals surface area contributed by atoms with Gasteiger partial charge in [0.1, 0.15) is 6.04 Å². The first-order chi connectivity index (χ1) is 8.56. The van der Waals surface area contributed by atoms with Crippen LogP contribution in [0.15, 0.2) is 12.4 Å². The van der Waals surface area contributed by atoms with E-state index in [9.17, 15) is 4.79 Å². The van der Waals surface area contributed by atoms with Crippen molar-refractivity contribution in [2.24, 2.45) is 12.8 Å². The van der Waals surface area contributed by atoms with Crippen LogP contribution in [0, 0.1) is 0 Å². The maximum atomic E-state index is 12.0. The maximum absolute atomic E-state index is 12.0. The van der Waals surface area contributed by atoms with Gasteiger partial charge in [0.05, 0.1) is 6.20 Å². The second-order valence-corrected chi connectivity index (χ2v) is 5.01. The van der Waals surface area contributed by atoms with E-state index in [0.717, 1.165) is 31.5 Å². The number of aryl methyl sites for hydroxylation is 1. The van der Waals surface area contributed by atoms with Crippen LogP contribution in [0.1, 0.15) is 24.4 Å². The number of hydrogen-bond acceptors (Lipinski definition) is 4. The first-order valence-corrected chi connectivity index (χ1v) is 6.29. The molecule has 1 fully saturated rings. The third-order valence-electron chi connectivity index (χ3n) is 3.43. The molecular formula is C12H21N5O. The molecular weight excluding hydrogens is 230 g/mol. The Balaban J connectivity index is 1.88. The van der Waals surface area contributed by atoms with Gasteiger partial charge in [0.15, 0.2) is 0 Å². The molecule has 1 amide bonds. The molecule has 3 N–H and O–H groups in total. The molecule has 1 unspecified atom stereocenters. The van der Waals surface area contributed by atoms with Crippen LogP contribution in [0.4, 0.5) is 0 Å². The lowest BCUT2D eigenvalue weighted by Gasteiger charge is -2.30. The van der Waals surface area contributed by atoms with E-state index in [2.05, 4.69) is 22.4 Å². The van der Waals surface area contributed by atoms with E-state index < -0.39 is 6.04 Å². The molecule has 1 aromatic heterocycles. The van der Waals surface area contributed by atoms with Crippen LogP contribution in [0.3, 0.4) is 0 Å². The van der Waals surface area contributed by atoms with Crippen molar-refractivity contribution < 1.29 is 4.79 Å². The molecule has 1 atom stereocenters. The molecule has 1 saturated heterocycles. The van der Waals surface area contributed by atoms with Gasteiger partial charge in [-0.2, -0.15) is 5.10 Å². The van der Waals surface area contributed by atoms with Gasteiger partial charge in [-0.1, -0.05) is 0 Å². The SMILES string of the molecule is CN1CCC(NC(=O)C(N)c2cnn(C)c2)CC1. The van der Waals surface area contributed by atoms with Gasteiger partial charge in [-0.05, 0) is 33.0 Å². The molecule has 6 nitrogen and oxygen atoms in total. The Labute approximate surface area is 107 Å². The molecule has 1 aromatic rings. The van der Waals surface area contributed by atoms with Crippen LogP contribution in [0.5, 0.6) is 0 Å². The average molecular weight is 251 g/mol. The van der Waals surface area contributed by atoms with Gasteiger partial charge in [0.2, 0.25) is 5.91 Å². The number of rotatable bonds is 3. The normalized spacial score (nSPS) is 19.7. The van der Waals surface area contributed by atoms with Gasteiger partial charge in [-0.15, -0.1) is 0 Å². The lowest BCUT2D eigenvalue weighted by atomic mass is 10.0. The van der Waals surface area contributed by atoms with E-state index in [1.54, 1.807) is 17.1 Å². The molecule has 2 rings (SSSR count). The topological polar surface area (TPSA) is 76.2 Å². The van der Waals surface area contributed by atoms with Crippen molar-refractivity contribution in [1.29, 1.82) is 0 Å². The van der Waals surface area contributed by atoms with Crippen LogP contribution in [-0.2, 0) is 11.8 Å².